The summed E-state index contributed by atoms with van der Waals surface area (Å²) in [5.74, 6) is 0.981. The Kier molecular flexibility index (Phi) is 7.84. The number of nitrogens with zero attached hydrogens (tertiary/aromatic N) is 2. The van der Waals surface area contributed by atoms with Gasteiger partial charge in [0.05, 0.1) is 12.6 Å². The van der Waals surface area contributed by atoms with Crippen LogP contribution in [0.25, 0.3) is 10.9 Å². The van der Waals surface area contributed by atoms with Crippen LogP contribution in [0.5, 0.6) is 5.75 Å². The van der Waals surface area contributed by atoms with Crippen LogP contribution in [0, 0.1) is 5.92 Å². The molecule has 3 rings (SSSR count). The highest BCUT2D eigenvalue weighted by atomic mass is 16.5. The van der Waals surface area contributed by atoms with E-state index in [4.69, 9.17) is 4.74 Å². The molecule has 2 heterocycles. The second-order valence-corrected chi connectivity index (χ2v) is 7.62. The van der Waals surface area contributed by atoms with E-state index in [0.29, 0.717) is 30.5 Å². The molecular formula is C22H31N5O3. The molecule has 30 heavy (non-hydrogen) atoms. The molecule has 0 spiro atoms. The number of methoxy groups -OCH3 is 1. The molecule has 8 nitrogen and oxygen atoms in total. The molecule has 1 aliphatic heterocycles. The summed E-state index contributed by atoms with van der Waals surface area (Å²) >= 11 is 0. The van der Waals surface area contributed by atoms with Gasteiger partial charge in [-0.25, -0.2) is 0 Å². The normalized spacial score (nSPS) is 15.5. The highest BCUT2D eigenvalue weighted by molar-refractivity contribution is 6.05. The van der Waals surface area contributed by atoms with Gasteiger partial charge in [-0.2, -0.15) is 5.10 Å². The van der Waals surface area contributed by atoms with E-state index < -0.39 is 0 Å². The van der Waals surface area contributed by atoms with Crippen LogP contribution in [0.2, 0.25) is 0 Å². The van der Waals surface area contributed by atoms with Gasteiger partial charge in [0.25, 0.3) is 5.91 Å². The van der Waals surface area contributed by atoms with Crippen molar-refractivity contribution in [2.24, 2.45) is 5.92 Å². The molecule has 0 radical (unpaired) electrons. The lowest BCUT2D eigenvalue weighted by molar-refractivity contribution is -0.116. The van der Waals surface area contributed by atoms with E-state index in [-0.39, 0.29) is 11.8 Å². The maximum Gasteiger partial charge on any atom is 0.272 e. The fraction of sp³-hybridized carbons (Fsp3) is 0.500. The first kappa shape index (κ1) is 21.8. The Bertz CT molecular complexity index is 884. The third-order valence-electron chi connectivity index (χ3n) is 5.51. The minimum absolute atomic E-state index is 0.0323. The third kappa shape index (κ3) is 5.82. The zero-order valence-electron chi connectivity index (χ0n) is 17.7. The summed E-state index contributed by atoms with van der Waals surface area (Å²) in [6.45, 7) is 6.21. The van der Waals surface area contributed by atoms with Gasteiger partial charge in [0.2, 0.25) is 5.91 Å². The number of carbonyl (C=O) groups is 2. The Hall–Kier alpha value is -2.87. The fourth-order valence-electron chi connectivity index (χ4n) is 3.75. The van der Waals surface area contributed by atoms with Gasteiger partial charge in [-0.15, -0.1) is 0 Å². The number of likely N-dealkylation sites (tertiary alicyclic amines) is 1. The lowest BCUT2D eigenvalue weighted by Gasteiger charge is -2.32. The average Bonchev–Trinajstić information content (AvgIpc) is 3.19. The molecule has 2 amide bonds. The van der Waals surface area contributed by atoms with Crippen molar-refractivity contribution >= 4 is 22.7 Å². The van der Waals surface area contributed by atoms with Crippen LogP contribution in [0.4, 0.5) is 0 Å². The summed E-state index contributed by atoms with van der Waals surface area (Å²) in [5.41, 5.74) is 1.22. The van der Waals surface area contributed by atoms with Gasteiger partial charge in [-0.3, -0.25) is 14.7 Å². The molecule has 0 saturated carbocycles. The molecular weight excluding hydrogens is 382 g/mol. The zero-order valence-corrected chi connectivity index (χ0v) is 17.7. The summed E-state index contributed by atoms with van der Waals surface area (Å²) in [7, 11) is 1.60. The van der Waals surface area contributed by atoms with Crippen molar-refractivity contribution in [1.29, 1.82) is 0 Å². The molecule has 2 aromatic rings. The minimum Gasteiger partial charge on any atom is -0.497 e. The third-order valence-corrected chi connectivity index (χ3v) is 5.51. The molecule has 0 atom stereocenters. The number of hydrogen-bond donors (Lipinski definition) is 3. The van der Waals surface area contributed by atoms with E-state index >= 15 is 0 Å². The van der Waals surface area contributed by atoms with Crippen molar-refractivity contribution < 1.29 is 14.3 Å². The summed E-state index contributed by atoms with van der Waals surface area (Å²) in [5, 5.41) is 13.8. The highest BCUT2D eigenvalue weighted by Crippen LogP contribution is 2.22. The Morgan fingerprint density at radius 3 is 2.83 bits per heavy atom. The summed E-state index contributed by atoms with van der Waals surface area (Å²) in [6.07, 6.45) is 6.34. The summed E-state index contributed by atoms with van der Waals surface area (Å²) in [6, 6.07) is 5.53. The molecule has 0 unspecified atom stereocenters. The van der Waals surface area contributed by atoms with Crippen LogP contribution in [0.3, 0.4) is 0 Å². The van der Waals surface area contributed by atoms with E-state index in [0.717, 1.165) is 49.8 Å². The second kappa shape index (κ2) is 10.8. The molecule has 1 aromatic carbocycles. The molecule has 1 saturated heterocycles. The first-order valence-corrected chi connectivity index (χ1v) is 10.5. The molecule has 3 N–H and O–H groups in total. The predicted molar refractivity (Wildman–Crippen MR) is 117 cm³/mol. The Morgan fingerprint density at radius 2 is 2.10 bits per heavy atom. The minimum atomic E-state index is -0.159. The number of allylic oxidation sites excluding steroid dienone is 1. The van der Waals surface area contributed by atoms with Gasteiger partial charge in [0, 0.05) is 18.5 Å². The average molecular weight is 414 g/mol. The van der Waals surface area contributed by atoms with Crippen molar-refractivity contribution in [1.82, 2.24) is 25.7 Å². The van der Waals surface area contributed by atoms with Crippen molar-refractivity contribution in [3.05, 3.63) is 36.0 Å². The van der Waals surface area contributed by atoms with Gasteiger partial charge < -0.3 is 20.3 Å². The van der Waals surface area contributed by atoms with Crippen molar-refractivity contribution in [3.63, 3.8) is 0 Å². The quantitative estimate of drug-likeness (QED) is 0.432. The van der Waals surface area contributed by atoms with Gasteiger partial charge in [0.1, 0.15) is 5.75 Å². The zero-order chi connectivity index (χ0) is 21.3. The topological polar surface area (TPSA) is 99.4 Å². The SMILES string of the molecule is CC=CC(=O)NCCCN1CCC(CNC(=O)c2n[nH]c3ccc(OC)cc23)CC1. The lowest BCUT2D eigenvalue weighted by Crippen LogP contribution is -2.39. The molecule has 1 aliphatic rings. The number of H-pyrrole nitrogens is 1. The smallest absolute Gasteiger partial charge is 0.272 e. The molecule has 1 aromatic heterocycles. The van der Waals surface area contributed by atoms with Crippen LogP contribution in [0.15, 0.2) is 30.4 Å². The Morgan fingerprint density at radius 1 is 1.30 bits per heavy atom. The maximum atomic E-state index is 12.6. The number of aromatic amines is 1. The van der Waals surface area contributed by atoms with Crippen LogP contribution >= 0.6 is 0 Å². The van der Waals surface area contributed by atoms with Gasteiger partial charge in [-0.05, 0) is 76.0 Å². The standard InChI is InChI=1S/C22H31N5O3/c1-3-5-20(28)23-10-4-11-27-12-8-16(9-13-27)15-24-22(29)21-18-14-17(30-2)6-7-19(18)25-26-21/h3,5-7,14,16H,4,8-13,15H2,1-2H3,(H,23,28)(H,24,29)(H,25,26). The first-order chi connectivity index (χ1) is 14.6. The highest BCUT2D eigenvalue weighted by Gasteiger charge is 2.21. The van der Waals surface area contributed by atoms with E-state index in [1.807, 2.05) is 25.1 Å². The number of aromatic nitrogens is 2. The molecule has 162 valence electrons. The predicted octanol–water partition coefficient (Wildman–Crippen LogP) is 2.10. The van der Waals surface area contributed by atoms with Crippen LogP contribution < -0.4 is 15.4 Å². The number of carbonyl (C=O) groups excluding carboxylic acids is 2. The summed E-state index contributed by atoms with van der Waals surface area (Å²) in [4.78, 5) is 26.4. The van der Waals surface area contributed by atoms with Crippen molar-refractivity contribution in [2.45, 2.75) is 26.2 Å². The number of rotatable bonds is 9. The second-order valence-electron chi connectivity index (χ2n) is 7.62. The largest absolute Gasteiger partial charge is 0.497 e. The van der Waals surface area contributed by atoms with Crippen LogP contribution in [0.1, 0.15) is 36.7 Å². The van der Waals surface area contributed by atoms with Crippen LogP contribution in [-0.2, 0) is 4.79 Å². The maximum absolute atomic E-state index is 12.6. The number of hydrogen-bond acceptors (Lipinski definition) is 5. The number of fused-ring (bicyclic) bond motifs is 1. The number of benzene rings is 1. The van der Waals surface area contributed by atoms with Gasteiger partial charge in [-0.1, -0.05) is 6.08 Å². The summed E-state index contributed by atoms with van der Waals surface area (Å²) < 4.78 is 5.25. The molecule has 8 heteroatoms. The number of amides is 2. The van der Waals surface area contributed by atoms with E-state index in [1.165, 1.54) is 0 Å². The molecule has 1 fully saturated rings. The van der Waals surface area contributed by atoms with Crippen molar-refractivity contribution in [3.8, 4) is 5.75 Å². The Labute approximate surface area is 177 Å². The lowest BCUT2D eigenvalue weighted by atomic mass is 9.96. The number of piperidine rings is 1. The fourth-order valence-corrected chi connectivity index (χ4v) is 3.75. The number of ether oxygens (including phenoxy) is 1. The number of nitrogens with one attached hydrogen (secondary N) is 3. The molecule has 0 aliphatic carbocycles. The first-order valence-electron chi connectivity index (χ1n) is 10.5. The van der Waals surface area contributed by atoms with E-state index in [2.05, 4.69) is 25.7 Å². The molecule has 0 bridgehead atoms. The monoisotopic (exact) mass is 413 g/mol. The van der Waals surface area contributed by atoms with E-state index in [1.54, 1.807) is 19.3 Å². The van der Waals surface area contributed by atoms with Crippen LogP contribution in [-0.4, -0.2) is 66.7 Å². The van der Waals surface area contributed by atoms with E-state index in [9.17, 15) is 9.59 Å². The van der Waals surface area contributed by atoms with Gasteiger partial charge >= 0.3 is 0 Å². The Balaban J connectivity index is 1.38. The van der Waals surface area contributed by atoms with Gasteiger partial charge in [0.15, 0.2) is 5.69 Å². The van der Waals surface area contributed by atoms with Crippen molar-refractivity contribution in [2.75, 3.05) is 39.8 Å².